The van der Waals surface area contributed by atoms with Crippen LogP contribution in [0, 0.1) is 6.92 Å². The molecule has 0 unspecified atom stereocenters. The second-order valence-electron chi connectivity index (χ2n) is 4.64. The summed E-state index contributed by atoms with van der Waals surface area (Å²) in [5.74, 6) is 0.656. The van der Waals surface area contributed by atoms with Gasteiger partial charge in [-0.25, -0.2) is 4.68 Å². The monoisotopic (exact) mass is 299 g/mol. The van der Waals surface area contributed by atoms with Crippen molar-refractivity contribution in [3.05, 3.63) is 54.0 Å². The van der Waals surface area contributed by atoms with Crippen LogP contribution in [0.4, 0.5) is 5.82 Å². The van der Waals surface area contributed by atoms with Gasteiger partial charge in [0.15, 0.2) is 5.65 Å². The van der Waals surface area contributed by atoms with Crippen molar-refractivity contribution in [1.29, 1.82) is 0 Å². The number of hydrogen-bond donors (Lipinski definition) is 1. The molecule has 3 aromatic rings. The third-order valence-electron chi connectivity index (χ3n) is 3.09. The van der Waals surface area contributed by atoms with Crippen molar-refractivity contribution in [3.63, 3.8) is 0 Å². The average molecular weight is 300 g/mol. The Hall–Kier alpha value is -2.40. The predicted octanol–water partition coefficient (Wildman–Crippen LogP) is 3.38. The molecule has 0 spiro atoms. The zero-order valence-corrected chi connectivity index (χ0v) is 12.3. The highest BCUT2D eigenvalue weighted by Gasteiger charge is 2.12. The Labute approximate surface area is 127 Å². The molecule has 2 aromatic heterocycles. The van der Waals surface area contributed by atoms with Crippen LogP contribution in [0.3, 0.4) is 0 Å². The zero-order chi connectivity index (χ0) is 14.8. The maximum Gasteiger partial charge on any atom is 0.226 e. The van der Waals surface area contributed by atoms with Crippen LogP contribution in [-0.4, -0.2) is 26.3 Å². The van der Waals surface area contributed by atoms with Gasteiger partial charge in [-0.05, 0) is 30.7 Å². The molecule has 5 nitrogen and oxygen atoms in total. The van der Waals surface area contributed by atoms with Gasteiger partial charge in [0.1, 0.15) is 5.82 Å². The van der Waals surface area contributed by atoms with Gasteiger partial charge >= 0.3 is 0 Å². The van der Waals surface area contributed by atoms with E-state index in [4.69, 9.17) is 11.6 Å². The van der Waals surface area contributed by atoms with Gasteiger partial charge in [0.25, 0.3) is 0 Å². The van der Waals surface area contributed by atoms with Crippen molar-refractivity contribution in [2.45, 2.75) is 6.92 Å². The Morgan fingerprint density at radius 2 is 2.05 bits per heavy atom. The maximum absolute atomic E-state index is 6.02. The number of aryl methyl sites for hydroxylation is 1. The normalized spacial score (nSPS) is 10.8. The summed E-state index contributed by atoms with van der Waals surface area (Å²) >= 11 is 6.02. The van der Waals surface area contributed by atoms with Gasteiger partial charge < -0.3 is 5.32 Å². The van der Waals surface area contributed by atoms with E-state index in [1.54, 1.807) is 17.0 Å². The molecule has 0 aliphatic rings. The van der Waals surface area contributed by atoms with Gasteiger partial charge in [-0.2, -0.15) is 15.1 Å². The summed E-state index contributed by atoms with van der Waals surface area (Å²) in [6.45, 7) is 6.32. The molecule has 0 aliphatic heterocycles. The summed E-state index contributed by atoms with van der Waals surface area (Å²) < 4.78 is 1.75. The van der Waals surface area contributed by atoms with Gasteiger partial charge in [0, 0.05) is 6.54 Å². The third-order valence-corrected chi connectivity index (χ3v) is 3.26. The minimum atomic E-state index is 0.183. The van der Waals surface area contributed by atoms with Crippen LogP contribution in [-0.2, 0) is 0 Å². The fourth-order valence-electron chi connectivity index (χ4n) is 2.06. The molecular weight excluding hydrogens is 286 g/mol. The molecular formula is C15H14ClN5. The van der Waals surface area contributed by atoms with E-state index in [-0.39, 0.29) is 5.28 Å². The lowest BCUT2D eigenvalue weighted by molar-refractivity contribution is 0.894. The maximum atomic E-state index is 6.02. The number of hydrogen-bond acceptors (Lipinski definition) is 4. The molecule has 2 heterocycles. The molecule has 3 rings (SSSR count). The molecule has 106 valence electrons. The number of fused-ring (bicyclic) bond motifs is 1. The van der Waals surface area contributed by atoms with Crippen molar-refractivity contribution >= 4 is 28.5 Å². The Kier molecular flexibility index (Phi) is 3.58. The van der Waals surface area contributed by atoms with Crippen LogP contribution in [0.15, 0.2) is 43.1 Å². The molecule has 0 saturated carbocycles. The van der Waals surface area contributed by atoms with Crippen molar-refractivity contribution in [1.82, 2.24) is 19.7 Å². The van der Waals surface area contributed by atoms with Gasteiger partial charge in [-0.1, -0.05) is 23.8 Å². The lowest BCUT2D eigenvalue weighted by Gasteiger charge is -2.06. The van der Waals surface area contributed by atoms with Gasteiger partial charge in [0.05, 0.1) is 17.3 Å². The summed E-state index contributed by atoms with van der Waals surface area (Å²) in [5, 5.41) is 8.54. The fraction of sp³-hybridized carbons (Fsp3) is 0.133. The quantitative estimate of drug-likeness (QED) is 0.593. The largest absolute Gasteiger partial charge is 0.366 e. The number of nitrogens with zero attached hydrogens (tertiary/aromatic N) is 4. The summed E-state index contributed by atoms with van der Waals surface area (Å²) in [4.78, 5) is 8.49. The van der Waals surface area contributed by atoms with Crippen LogP contribution in [0.25, 0.3) is 16.7 Å². The van der Waals surface area contributed by atoms with Gasteiger partial charge in [0.2, 0.25) is 5.28 Å². The minimum Gasteiger partial charge on any atom is -0.366 e. The van der Waals surface area contributed by atoms with E-state index in [2.05, 4.69) is 27.0 Å². The smallest absolute Gasteiger partial charge is 0.226 e. The lowest BCUT2D eigenvalue weighted by Crippen LogP contribution is -2.03. The van der Waals surface area contributed by atoms with Crippen LogP contribution >= 0.6 is 11.6 Å². The number of anilines is 1. The summed E-state index contributed by atoms with van der Waals surface area (Å²) in [7, 11) is 0. The first kappa shape index (κ1) is 13.6. The Morgan fingerprint density at radius 3 is 2.76 bits per heavy atom. The highest BCUT2D eigenvalue weighted by atomic mass is 35.5. The number of benzene rings is 1. The van der Waals surface area contributed by atoms with E-state index in [0.717, 1.165) is 11.1 Å². The Morgan fingerprint density at radius 1 is 1.29 bits per heavy atom. The molecule has 0 atom stereocenters. The first-order chi connectivity index (χ1) is 10.2. The lowest BCUT2D eigenvalue weighted by atomic mass is 10.2. The Balaban J connectivity index is 2.15. The standard InChI is InChI=1S/C15H14ClN5/c1-3-8-17-13-12-9-18-21(14(12)20-15(16)19-13)11-6-4-10(2)5-7-11/h3-7,9H,1,8H2,2H3,(H,17,19,20). The predicted molar refractivity (Wildman–Crippen MR) is 85.1 cm³/mol. The molecule has 0 amide bonds. The van der Waals surface area contributed by atoms with Crippen molar-refractivity contribution < 1.29 is 0 Å². The number of rotatable bonds is 4. The summed E-state index contributed by atoms with van der Waals surface area (Å²) in [5.41, 5.74) is 2.79. The van der Waals surface area contributed by atoms with Crippen LogP contribution in [0.5, 0.6) is 0 Å². The molecule has 6 heteroatoms. The van der Waals surface area contributed by atoms with Crippen LogP contribution < -0.4 is 5.32 Å². The molecule has 0 saturated heterocycles. The van der Waals surface area contributed by atoms with E-state index < -0.39 is 0 Å². The first-order valence-electron chi connectivity index (χ1n) is 6.52. The van der Waals surface area contributed by atoms with Crippen LogP contribution in [0.2, 0.25) is 5.28 Å². The van der Waals surface area contributed by atoms with E-state index >= 15 is 0 Å². The summed E-state index contributed by atoms with van der Waals surface area (Å²) in [6, 6.07) is 8.05. The molecule has 0 bridgehead atoms. The van der Waals surface area contributed by atoms with E-state index in [1.165, 1.54) is 5.56 Å². The van der Waals surface area contributed by atoms with Gasteiger partial charge in [-0.15, -0.1) is 6.58 Å². The van der Waals surface area contributed by atoms with Crippen LogP contribution in [0.1, 0.15) is 5.56 Å². The molecule has 1 aromatic carbocycles. The highest BCUT2D eigenvalue weighted by Crippen LogP contribution is 2.24. The second kappa shape index (κ2) is 5.54. The Bertz CT molecular complexity index is 792. The number of halogens is 1. The molecule has 0 fully saturated rings. The van der Waals surface area contributed by atoms with Gasteiger partial charge in [-0.3, -0.25) is 0 Å². The molecule has 0 radical (unpaired) electrons. The fourth-order valence-corrected chi connectivity index (χ4v) is 2.22. The zero-order valence-electron chi connectivity index (χ0n) is 11.5. The second-order valence-corrected chi connectivity index (χ2v) is 4.98. The molecule has 21 heavy (non-hydrogen) atoms. The van der Waals surface area contributed by atoms with E-state index in [1.807, 2.05) is 31.2 Å². The topological polar surface area (TPSA) is 55.6 Å². The van der Waals surface area contributed by atoms with E-state index in [0.29, 0.717) is 18.0 Å². The number of aromatic nitrogens is 4. The van der Waals surface area contributed by atoms with Crippen molar-refractivity contribution in [2.75, 3.05) is 11.9 Å². The summed E-state index contributed by atoms with van der Waals surface area (Å²) in [6.07, 6.45) is 3.49. The average Bonchev–Trinajstić information content (AvgIpc) is 2.89. The van der Waals surface area contributed by atoms with Crippen molar-refractivity contribution in [3.8, 4) is 5.69 Å². The minimum absolute atomic E-state index is 0.183. The van der Waals surface area contributed by atoms with Crippen molar-refractivity contribution in [2.24, 2.45) is 0 Å². The van der Waals surface area contributed by atoms with E-state index in [9.17, 15) is 0 Å². The molecule has 1 N–H and O–H groups in total. The third kappa shape index (κ3) is 2.60. The SMILES string of the molecule is C=CCNc1nc(Cl)nc2c1cnn2-c1ccc(C)cc1. The number of nitrogens with one attached hydrogen (secondary N) is 1. The molecule has 0 aliphatic carbocycles. The highest BCUT2D eigenvalue weighted by molar-refractivity contribution is 6.28. The first-order valence-corrected chi connectivity index (χ1v) is 6.90.